The van der Waals surface area contributed by atoms with Crippen molar-refractivity contribution in [2.45, 2.75) is 51.4 Å². The van der Waals surface area contributed by atoms with Gasteiger partial charge in [0, 0.05) is 38.9 Å². The van der Waals surface area contributed by atoms with Gasteiger partial charge in [0.2, 0.25) is 11.8 Å². The van der Waals surface area contributed by atoms with Crippen LogP contribution in [0.25, 0.3) is 0 Å². The van der Waals surface area contributed by atoms with E-state index in [1.165, 1.54) is 13.8 Å². The van der Waals surface area contributed by atoms with Gasteiger partial charge in [-0.15, -0.1) is 0 Å². The third-order valence-corrected chi connectivity index (χ3v) is 1.99. The Bertz CT molecular complexity index is 145. The van der Waals surface area contributed by atoms with Gasteiger partial charge in [0.25, 0.3) is 0 Å². The van der Waals surface area contributed by atoms with Gasteiger partial charge >= 0.3 is 0 Å². The highest BCUT2D eigenvalue weighted by molar-refractivity contribution is 4.61. The van der Waals surface area contributed by atoms with Gasteiger partial charge < -0.3 is 10.2 Å². The highest BCUT2D eigenvalue weighted by Crippen LogP contribution is 2.21. The zero-order valence-electron chi connectivity index (χ0n) is 9.65. The van der Waals surface area contributed by atoms with Crippen LogP contribution in [0.5, 0.6) is 0 Å². The Kier molecular flexibility index (Phi) is 9.86. The minimum atomic E-state index is -2.66. The van der Waals surface area contributed by atoms with Crippen LogP contribution in [-0.4, -0.2) is 35.3 Å². The Hall–Kier alpha value is -0.360. The molecule has 0 saturated heterocycles. The predicted molar refractivity (Wildman–Crippen MR) is 53.9 cm³/mol. The fourth-order valence-electron chi connectivity index (χ4n) is 0.681. The SMILES string of the molecule is CCC(F)(F)CCO.CCC(F)(F)CCO. The Morgan fingerprint density at radius 3 is 1.06 bits per heavy atom. The van der Waals surface area contributed by atoms with Crippen LogP contribution in [0.1, 0.15) is 39.5 Å². The first-order valence-corrected chi connectivity index (χ1v) is 5.22. The van der Waals surface area contributed by atoms with E-state index in [1.54, 1.807) is 0 Å². The summed E-state index contributed by atoms with van der Waals surface area (Å²) >= 11 is 0. The van der Waals surface area contributed by atoms with E-state index >= 15 is 0 Å². The summed E-state index contributed by atoms with van der Waals surface area (Å²) in [7, 11) is 0. The van der Waals surface area contributed by atoms with Crippen LogP contribution in [0.2, 0.25) is 0 Å². The molecule has 100 valence electrons. The zero-order valence-corrected chi connectivity index (χ0v) is 9.65. The molecule has 0 heterocycles. The molecule has 0 atom stereocenters. The predicted octanol–water partition coefficient (Wildman–Crippen LogP) is 2.83. The average Bonchev–Trinajstić information content (AvgIpc) is 2.19. The molecule has 0 saturated carbocycles. The fourth-order valence-corrected chi connectivity index (χ4v) is 0.681. The summed E-state index contributed by atoms with van der Waals surface area (Å²) in [6.45, 7) is 1.94. The van der Waals surface area contributed by atoms with E-state index in [-0.39, 0.29) is 12.8 Å². The van der Waals surface area contributed by atoms with E-state index < -0.39 is 37.9 Å². The average molecular weight is 248 g/mol. The van der Waals surface area contributed by atoms with Crippen LogP contribution in [0.15, 0.2) is 0 Å². The van der Waals surface area contributed by atoms with E-state index in [0.717, 1.165) is 0 Å². The second kappa shape index (κ2) is 8.75. The molecule has 0 unspecified atom stereocenters. The maximum Gasteiger partial charge on any atom is 0.250 e. The largest absolute Gasteiger partial charge is 0.396 e. The molecule has 0 spiro atoms. The lowest BCUT2D eigenvalue weighted by Crippen LogP contribution is -2.15. The zero-order chi connectivity index (χ0) is 13.2. The molecular formula is C10H20F4O2. The molecule has 0 aromatic rings. The van der Waals surface area contributed by atoms with Gasteiger partial charge in [-0.2, -0.15) is 0 Å². The van der Waals surface area contributed by atoms with Gasteiger partial charge in [0.05, 0.1) is 0 Å². The first-order chi connectivity index (χ1) is 7.24. The van der Waals surface area contributed by atoms with Crippen LogP contribution in [0, 0.1) is 0 Å². The van der Waals surface area contributed by atoms with Gasteiger partial charge in [-0.05, 0) is 0 Å². The van der Waals surface area contributed by atoms with E-state index in [0.29, 0.717) is 0 Å². The maximum atomic E-state index is 12.0. The fraction of sp³-hybridized carbons (Fsp3) is 1.00. The first-order valence-electron chi connectivity index (χ1n) is 5.22. The Balaban J connectivity index is 0. The summed E-state index contributed by atoms with van der Waals surface area (Å²) < 4.78 is 48.0. The third kappa shape index (κ3) is 11.7. The molecule has 2 nitrogen and oxygen atoms in total. The van der Waals surface area contributed by atoms with Crippen molar-refractivity contribution >= 4 is 0 Å². The van der Waals surface area contributed by atoms with Crippen molar-refractivity contribution in [3.8, 4) is 0 Å². The molecule has 0 rings (SSSR count). The van der Waals surface area contributed by atoms with E-state index in [1.807, 2.05) is 0 Å². The molecule has 0 fully saturated rings. The maximum absolute atomic E-state index is 12.0. The quantitative estimate of drug-likeness (QED) is 0.709. The third-order valence-electron chi connectivity index (χ3n) is 1.99. The van der Waals surface area contributed by atoms with Crippen molar-refractivity contribution in [2.75, 3.05) is 13.2 Å². The molecular weight excluding hydrogens is 228 g/mol. The van der Waals surface area contributed by atoms with Gasteiger partial charge in [0.15, 0.2) is 0 Å². The highest BCUT2D eigenvalue weighted by Gasteiger charge is 2.24. The van der Waals surface area contributed by atoms with Crippen molar-refractivity contribution in [3.63, 3.8) is 0 Å². The molecule has 0 aromatic heterocycles. The smallest absolute Gasteiger partial charge is 0.250 e. The molecule has 0 amide bonds. The normalized spacial score (nSPS) is 12.0. The monoisotopic (exact) mass is 248 g/mol. The van der Waals surface area contributed by atoms with Crippen LogP contribution in [0.3, 0.4) is 0 Å². The molecule has 0 aromatic carbocycles. The second-order valence-electron chi connectivity index (χ2n) is 3.37. The molecule has 0 aliphatic rings. The van der Waals surface area contributed by atoms with Gasteiger partial charge in [-0.3, -0.25) is 0 Å². The van der Waals surface area contributed by atoms with Gasteiger partial charge in [0.1, 0.15) is 0 Å². The lowest BCUT2D eigenvalue weighted by Gasteiger charge is -2.10. The van der Waals surface area contributed by atoms with Crippen molar-refractivity contribution in [1.82, 2.24) is 0 Å². The lowest BCUT2D eigenvalue weighted by molar-refractivity contribution is -0.0252. The van der Waals surface area contributed by atoms with Crippen molar-refractivity contribution in [2.24, 2.45) is 0 Å². The van der Waals surface area contributed by atoms with Crippen LogP contribution >= 0.6 is 0 Å². The number of halogens is 4. The molecule has 16 heavy (non-hydrogen) atoms. The summed E-state index contributed by atoms with van der Waals surface area (Å²) in [6, 6.07) is 0. The Morgan fingerprint density at radius 1 is 0.750 bits per heavy atom. The first kappa shape index (κ1) is 18.0. The van der Waals surface area contributed by atoms with Gasteiger partial charge in [-0.1, -0.05) is 13.8 Å². The minimum Gasteiger partial charge on any atom is -0.396 e. The minimum absolute atomic E-state index is 0.187. The standard InChI is InChI=1S/2C5H10F2O/c2*1-2-5(6,7)3-4-8/h2*8H,2-4H2,1H3. The summed E-state index contributed by atoms with van der Waals surface area (Å²) in [4.78, 5) is 0. The second-order valence-corrected chi connectivity index (χ2v) is 3.37. The molecule has 2 N–H and O–H groups in total. The number of hydrogen-bond acceptors (Lipinski definition) is 2. The highest BCUT2D eigenvalue weighted by atomic mass is 19.3. The molecule has 0 bridgehead atoms. The Labute approximate surface area is 93.3 Å². The summed E-state index contributed by atoms with van der Waals surface area (Å²) in [5.74, 6) is -5.32. The molecule has 6 heteroatoms. The number of aliphatic hydroxyl groups excluding tert-OH is 2. The number of hydrogen-bond donors (Lipinski definition) is 2. The molecule has 0 radical (unpaired) electrons. The number of rotatable bonds is 6. The van der Waals surface area contributed by atoms with Crippen LogP contribution in [0.4, 0.5) is 17.6 Å². The van der Waals surface area contributed by atoms with Crippen molar-refractivity contribution < 1.29 is 27.8 Å². The number of aliphatic hydroxyl groups is 2. The van der Waals surface area contributed by atoms with E-state index in [2.05, 4.69) is 0 Å². The van der Waals surface area contributed by atoms with E-state index in [4.69, 9.17) is 10.2 Å². The summed E-state index contributed by atoms with van der Waals surface area (Å²) in [6.07, 6.45) is -1.20. The lowest BCUT2D eigenvalue weighted by atomic mass is 10.2. The van der Waals surface area contributed by atoms with Crippen molar-refractivity contribution in [3.05, 3.63) is 0 Å². The summed E-state index contributed by atoms with van der Waals surface area (Å²) in [5.41, 5.74) is 0. The topological polar surface area (TPSA) is 40.5 Å². The Morgan fingerprint density at radius 2 is 1.00 bits per heavy atom. The number of alkyl halides is 4. The van der Waals surface area contributed by atoms with Crippen LogP contribution < -0.4 is 0 Å². The summed E-state index contributed by atoms with van der Waals surface area (Å²) in [5, 5.41) is 16.1. The molecule has 0 aliphatic heterocycles. The van der Waals surface area contributed by atoms with Gasteiger partial charge in [-0.25, -0.2) is 17.6 Å². The van der Waals surface area contributed by atoms with E-state index in [9.17, 15) is 17.6 Å². The van der Waals surface area contributed by atoms with Crippen molar-refractivity contribution in [1.29, 1.82) is 0 Å². The van der Waals surface area contributed by atoms with Crippen LogP contribution in [-0.2, 0) is 0 Å². The molecule has 0 aliphatic carbocycles.